The predicted molar refractivity (Wildman–Crippen MR) is 99.3 cm³/mol. The van der Waals surface area contributed by atoms with Crippen molar-refractivity contribution >= 4 is 28.2 Å². The first-order valence-electron chi connectivity index (χ1n) is 7.79. The van der Waals surface area contributed by atoms with Crippen molar-refractivity contribution in [3.05, 3.63) is 54.0 Å². The number of nitrogens with zero attached hydrogens (tertiary/aromatic N) is 2. The van der Waals surface area contributed by atoms with Crippen LogP contribution < -0.4 is 10.1 Å². The number of nitrogens with one attached hydrogen (secondary N) is 1. The Hall–Kier alpha value is -2.03. The molecule has 0 fully saturated rings. The van der Waals surface area contributed by atoms with E-state index in [1.165, 1.54) is 23.1 Å². The Balaban J connectivity index is 1.39. The quantitative estimate of drug-likeness (QED) is 0.552. The summed E-state index contributed by atoms with van der Waals surface area (Å²) in [5, 5.41) is 22.1. The fraction of sp³-hybridized carbons (Fsp3) is 0.294. The Bertz CT molecular complexity index is 777. The summed E-state index contributed by atoms with van der Waals surface area (Å²) in [4.78, 5) is 0. The number of ether oxygens (including phenoxy) is 1. The van der Waals surface area contributed by atoms with Gasteiger partial charge in [-0.3, -0.25) is 0 Å². The number of aromatic nitrogens is 2. The number of anilines is 1. The van der Waals surface area contributed by atoms with Crippen LogP contribution in [0.25, 0.3) is 0 Å². The van der Waals surface area contributed by atoms with E-state index in [2.05, 4.69) is 15.5 Å². The molecule has 8 heteroatoms. The van der Waals surface area contributed by atoms with Gasteiger partial charge in [0, 0.05) is 5.75 Å². The van der Waals surface area contributed by atoms with Crippen molar-refractivity contribution in [2.24, 2.45) is 0 Å². The van der Waals surface area contributed by atoms with E-state index in [1.807, 2.05) is 43.3 Å². The third kappa shape index (κ3) is 5.77. The van der Waals surface area contributed by atoms with Gasteiger partial charge in [-0.2, -0.15) is 0 Å². The molecule has 2 N–H and O–H groups in total. The molecule has 0 amide bonds. The van der Waals surface area contributed by atoms with E-state index in [1.54, 1.807) is 6.26 Å². The Labute approximate surface area is 154 Å². The van der Waals surface area contributed by atoms with Gasteiger partial charge in [-0.1, -0.05) is 35.2 Å². The van der Waals surface area contributed by atoms with E-state index in [0.717, 1.165) is 26.5 Å². The van der Waals surface area contributed by atoms with Crippen LogP contribution in [0.3, 0.4) is 0 Å². The highest BCUT2D eigenvalue weighted by molar-refractivity contribution is 8.01. The van der Waals surface area contributed by atoms with Crippen LogP contribution in [0.15, 0.2) is 51.4 Å². The molecule has 132 valence electrons. The van der Waals surface area contributed by atoms with E-state index in [0.29, 0.717) is 12.3 Å². The van der Waals surface area contributed by atoms with Crippen LogP contribution >= 0.6 is 23.1 Å². The average molecular weight is 377 g/mol. The molecule has 0 radical (unpaired) electrons. The zero-order valence-electron chi connectivity index (χ0n) is 13.7. The maximum Gasteiger partial charge on any atom is 0.206 e. The van der Waals surface area contributed by atoms with Crippen LogP contribution in [0.1, 0.15) is 11.3 Å². The van der Waals surface area contributed by atoms with Gasteiger partial charge in [0.15, 0.2) is 4.34 Å². The SMILES string of the molecule is Cc1cccc(OCC(O)CSc2nnc(NCc3ccco3)s2)c1. The first kappa shape index (κ1) is 17.8. The highest BCUT2D eigenvalue weighted by atomic mass is 32.2. The van der Waals surface area contributed by atoms with Crippen LogP contribution in [-0.2, 0) is 6.54 Å². The van der Waals surface area contributed by atoms with Crippen molar-refractivity contribution in [2.45, 2.75) is 23.9 Å². The highest BCUT2D eigenvalue weighted by Gasteiger charge is 2.10. The van der Waals surface area contributed by atoms with Crippen LogP contribution in [0.2, 0.25) is 0 Å². The number of furan rings is 1. The molecular weight excluding hydrogens is 358 g/mol. The molecule has 2 heterocycles. The molecule has 3 rings (SSSR count). The lowest BCUT2D eigenvalue weighted by molar-refractivity contribution is 0.126. The van der Waals surface area contributed by atoms with Gasteiger partial charge in [0.1, 0.15) is 18.1 Å². The molecule has 2 aromatic heterocycles. The normalized spacial score (nSPS) is 12.1. The molecule has 25 heavy (non-hydrogen) atoms. The van der Waals surface area contributed by atoms with E-state index in [4.69, 9.17) is 9.15 Å². The summed E-state index contributed by atoms with van der Waals surface area (Å²) in [5.74, 6) is 2.11. The molecule has 6 nitrogen and oxygen atoms in total. The van der Waals surface area contributed by atoms with E-state index in [-0.39, 0.29) is 6.61 Å². The predicted octanol–water partition coefficient (Wildman–Crippen LogP) is 3.58. The average Bonchev–Trinajstić information content (AvgIpc) is 3.28. The molecule has 0 saturated carbocycles. The van der Waals surface area contributed by atoms with Gasteiger partial charge in [0.05, 0.1) is 18.9 Å². The fourth-order valence-corrected chi connectivity index (χ4v) is 3.71. The summed E-state index contributed by atoms with van der Waals surface area (Å²) in [7, 11) is 0. The second-order valence-corrected chi connectivity index (χ2v) is 7.64. The van der Waals surface area contributed by atoms with Gasteiger partial charge < -0.3 is 19.6 Å². The van der Waals surface area contributed by atoms with E-state index in [9.17, 15) is 5.11 Å². The largest absolute Gasteiger partial charge is 0.491 e. The molecule has 1 aromatic carbocycles. The summed E-state index contributed by atoms with van der Waals surface area (Å²) in [6, 6.07) is 11.5. The summed E-state index contributed by atoms with van der Waals surface area (Å²) in [6.07, 6.45) is 1.06. The lowest BCUT2D eigenvalue weighted by atomic mass is 10.2. The number of hydrogen-bond acceptors (Lipinski definition) is 8. The zero-order chi connectivity index (χ0) is 17.5. The molecule has 0 aliphatic rings. The van der Waals surface area contributed by atoms with Gasteiger partial charge >= 0.3 is 0 Å². The van der Waals surface area contributed by atoms with Gasteiger partial charge in [-0.05, 0) is 36.8 Å². The second-order valence-electron chi connectivity index (χ2n) is 5.40. The van der Waals surface area contributed by atoms with E-state index >= 15 is 0 Å². The van der Waals surface area contributed by atoms with Crippen molar-refractivity contribution in [2.75, 3.05) is 17.7 Å². The number of aliphatic hydroxyl groups excluding tert-OH is 1. The zero-order valence-corrected chi connectivity index (χ0v) is 15.3. The first-order valence-corrected chi connectivity index (χ1v) is 9.59. The van der Waals surface area contributed by atoms with E-state index < -0.39 is 6.10 Å². The molecule has 1 unspecified atom stereocenters. The number of thioether (sulfide) groups is 1. The van der Waals surface area contributed by atoms with Crippen molar-refractivity contribution in [3.63, 3.8) is 0 Å². The fourth-order valence-electron chi connectivity index (χ4n) is 2.03. The molecule has 0 bridgehead atoms. The van der Waals surface area contributed by atoms with Crippen molar-refractivity contribution in [3.8, 4) is 5.75 Å². The van der Waals surface area contributed by atoms with Crippen molar-refractivity contribution < 1.29 is 14.3 Å². The third-order valence-electron chi connectivity index (χ3n) is 3.23. The van der Waals surface area contributed by atoms with Crippen LogP contribution in [-0.4, -0.2) is 33.8 Å². The maximum atomic E-state index is 10.1. The molecule has 3 aromatic rings. The van der Waals surface area contributed by atoms with Gasteiger partial charge in [0.2, 0.25) is 5.13 Å². The Kier molecular flexibility index (Phi) is 6.32. The molecular formula is C17H19N3O3S2. The van der Waals surface area contributed by atoms with Crippen LogP contribution in [0.4, 0.5) is 5.13 Å². The van der Waals surface area contributed by atoms with Crippen LogP contribution in [0, 0.1) is 6.92 Å². The summed E-state index contributed by atoms with van der Waals surface area (Å²) < 4.78 is 11.7. The molecule has 0 aliphatic carbocycles. The number of rotatable bonds is 9. The smallest absolute Gasteiger partial charge is 0.206 e. The molecule has 0 aliphatic heterocycles. The number of aryl methyl sites for hydroxylation is 1. The van der Waals surface area contributed by atoms with Crippen LogP contribution in [0.5, 0.6) is 5.75 Å². The minimum Gasteiger partial charge on any atom is -0.491 e. The highest BCUT2D eigenvalue weighted by Crippen LogP contribution is 2.26. The molecule has 0 spiro atoms. The summed E-state index contributed by atoms with van der Waals surface area (Å²) in [5.41, 5.74) is 1.13. The number of hydrogen-bond donors (Lipinski definition) is 2. The lowest BCUT2D eigenvalue weighted by Crippen LogP contribution is -2.20. The monoisotopic (exact) mass is 377 g/mol. The third-order valence-corrected chi connectivity index (χ3v) is 5.39. The minimum absolute atomic E-state index is 0.249. The maximum absolute atomic E-state index is 10.1. The Morgan fingerprint density at radius 1 is 1.32 bits per heavy atom. The topological polar surface area (TPSA) is 80.4 Å². The standard InChI is InChI=1S/C17H19N3O3S2/c1-12-4-2-5-14(8-12)23-10-13(21)11-24-17-20-19-16(25-17)18-9-15-6-3-7-22-15/h2-8,13,21H,9-11H2,1H3,(H,18,19). The minimum atomic E-state index is -0.575. The lowest BCUT2D eigenvalue weighted by Gasteiger charge is -2.11. The van der Waals surface area contributed by atoms with Crippen molar-refractivity contribution in [1.82, 2.24) is 10.2 Å². The Morgan fingerprint density at radius 3 is 3.04 bits per heavy atom. The summed E-state index contributed by atoms with van der Waals surface area (Å²) >= 11 is 2.91. The summed E-state index contributed by atoms with van der Waals surface area (Å²) in [6.45, 7) is 2.82. The van der Waals surface area contributed by atoms with Crippen molar-refractivity contribution in [1.29, 1.82) is 0 Å². The van der Waals surface area contributed by atoms with Gasteiger partial charge in [-0.25, -0.2) is 0 Å². The molecule has 1 atom stereocenters. The van der Waals surface area contributed by atoms with Gasteiger partial charge in [0.25, 0.3) is 0 Å². The molecule has 0 saturated heterocycles. The Morgan fingerprint density at radius 2 is 2.24 bits per heavy atom. The second kappa shape index (κ2) is 8.89. The first-order chi connectivity index (χ1) is 12.2. The number of aliphatic hydroxyl groups is 1. The van der Waals surface area contributed by atoms with Gasteiger partial charge in [-0.15, -0.1) is 10.2 Å². The number of benzene rings is 1.